The van der Waals surface area contributed by atoms with E-state index in [1.54, 1.807) is 56.5 Å². The molecule has 2 aromatic rings. The number of anilines is 1. The Balaban J connectivity index is 1.97. The van der Waals surface area contributed by atoms with E-state index in [0.29, 0.717) is 16.5 Å². The molecule has 0 aromatic heterocycles. The lowest BCUT2D eigenvalue weighted by molar-refractivity contribution is -0.122. The maximum absolute atomic E-state index is 12.1. The molecule has 6 heteroatoms. The van der Waals surface area contributed by atoms with Crippen LogP contribution in [0.15, 0.2) is 46.9 Å². The van der Waals surface area contributed by atoms with Gasteiger partial charge in [-0.1, -0.05) is 11.6 Å². The van der Waals surface area contributed by atoms with Crippen molar-refractivity contribution < 1.29 is 14.3 Å². The molecule has 1 N–H and O–H groups in total. The van der Waals surface area contributed by atoms with Gasteiger partial charge in [0.25, 0.3) is 5.91 Å². The van der Waals surface area contributed by atoms with Gasteiger partial charge >= 0.3 is 0 Å². The van der Waals surface area contributed by atoms with E-state index in [0.717, 1.165) is 10.2 Å². The van der Waals surface area contributed by atoms with Crippen molar-refractivity contribution in [3.05, 3.63) is 52.0 Å². The Morgan fingerprint density at radius 3 is 2.41 bits per heavy atom. The fourth-order valence-electron chi connectivity index (χ4n) is 1.73. The smallest absolute Gasteiger partial charge is 0.265 e. The lowest BCUT2D eigenvalue weighted by Crippen LogP contribution is -2.30. The van der Waals surface area contributed by atoms with Crippen LogP contribution in [-0.4, -0.2) is 19.1 Å². The normalized spacial score (nSPS) is 11.6. The van der Waals surface area contributed by atoms with Gasteiger partial charge in [-0.3, -0.25) is 4.79 Å². The molecule has 0 saturated heterocycles. The highest BCUT2D eigenvalue weighted by molar-refractivity contribution is 9.10. The molecule has 0 aliphatic carbocycles. The average Bonchev–Trinajstić information content (AvgIpc) is 2.51. The molecule has 2 aromatic carbocycles. The van der Waals surface area contributed by atoms with Crippen molar-refractivity contribution in [2.45, 2.75) is 13.0 Å². The molecule has 116 valence electrons. The summed E-state index contributed by atoms with van der Waals surface area (Å²) in [4.78, 5) is 12.1. The van der Waals surface area contributed by atoms with Crippen LogP contribution in [0.5, 0.6) is 11.5 Å². The van der Waals surface area contributed by atoms with Crippen LogP contribution in [-0.2, 0) is 4.79 Å². The highest BCUT2D eigenvalue weighted by Gasteiger charge is 2.15. The van der Waals surface area contributed by atoms with E-state index in [-0.39, 0.29) is 5.91 Å². The van der Waals surface area contributed by atoms with Crippen molar-refractivity contribution in [2.75, 3.05) is 12.4 Å². The van der Waals surface area contributed by atoms with Crippen molar-refractivity contribution in [1.82, 2.24) is 0 Å². The Morgan fingerprint density at radius 1 is 1.18 bits per heavy atom. The van der Waals surface area contributed by atoms with Crippen LogP contribution in [0.3, 0.4) is 0 Å². The third-order valence-electron chi connectivity index (χ3n) is 2.93. The first-order valence-corrected chi connectivity index (χ1v) is 7.73. The van der Waals surface area contributed by atoms with Gasteiger partial charge in [0, 0.05) is 10.2 Å². The topological polar surface area (TPSA) is 47.6 Å². The summed E-state index contributed by atoms with van der Waals surface area (Å²) in [7, 11) is 1.59. The van der Waals surface area contributed by atoms with E-state index in [1.165, 1.54) is 0 Å². The Hall–Kier alpha value is -1.72. The molecule has 0 fully saturated rings. The molecule has 4 nitrogen and oxygen atoms in total. The fraction of sp³-hybridized carbons (Fsp3) is 0.188. The summed E-state index contributed by atoms with van der Waals surface area (Å²) in [5.41, 5.74) is 0.614. The van der Waals surface area contributed by atoms with Gasteiger partial charge in [-0.05, 0) is 65.3 Å². The summed E-state index contributed by atoms with van der Waals surface area (Å²) in [5.74, 6) is 1.07. The van der Waals surface area contributed by atoms with Gasteiger partial charge in [0.1, 0.15) is 11.5 Å². The third-order valence-corrected chi connectivity index (χ3v) is 4.16. The molecule has 2 rings (SSSR count). The molecular weight excluding hydrogens is 370 g/mol. The molecular formula is C16H15BrClNO3. The van der Waals surface area contributed by atoms with E-state index in [4.69, 9.17) is 21.1 Å². The zero-order valence-corrected chi connectivity index (χ0v) is 14.4. The predicted molar refractivity (Wildman–Crippen MR) is 90.9 cm³/mol. The molecule has 0 aliphatic heterocycles. The summed E-state index contributed by atoms with van der Waals surface area (Å²) < 4.78 is 11.4. The van der Waals surface area contributed by atoms with Crippen LogP contribution in [0.2, 0.25) is 5.02 Å². The lowest BCUT2D eigenvalue weighted by atomic mass is 10.3. The quantitative estimate of drug-likeness (QED) is 0.824. The molecule has 0 aliphatic rings. The third kappa shape index (κ3) is 4.39. The highest BCUT2D eigenvalue weighted by atomic mass is 79.9. The van der Waals surface area contributed by atoms with Gasteiger partial charge in [-0.15, -0.1) is 0 Å². The maximum atomic E-state index is 12.1. The largest absolute Gasteiger partial charge is 0.497 e. The Labute approximate surface area is 142 Å². The van der Waals surface area contributed by atoms with Crippen molar-refractivity contribution in [3.8, 4) is 11.5 Å². The van der Waals surface area contributed by atoms with Gasteiger partial charge < -0.3 is 14.8 Å². The summed E-state index contributed by atoms with van der Waals surface area (Å²) in [6, 6.07) is 12.2. The molecule has 1 atom stereocenters. The van der Waals surface area contributed by atoms with E-state index >= 15 is 0 Å². The highest BCUT2D eigenvalue weighted by Crippen LogP contribution is 2.25. The number of halogens is 2. The monoisotopic (exact) mass is 383 g/mol. The van der Waals surface area contributed by atoms with E-state index in [9.17, 15) is 4.79 Å². The first-order chi connectivity index (χ1) is 10.5. The molecule has 1 amide bonds. The molecule has 0 bridgehead atoms. The minimum Gasteiger partial charge on any atom is -0.497 e. The number of ether oxygens (including phenoxy) is 2. The molecule has 0 saturated carbocycles. The maximum Gasteiger partial charge on any atom is 0.265 e. The number of benzene rings is 2. The summed E-state index contributed by atoms with van der Waals surface area (Å²) in [6.45, 7) is 1.68. The van der Waals surface area contributed by atoms with Crippen molar-refractivity contribution in [2.24, 2.45) is 0 Å². The number of nitrogens with one attached hydrogen (secondary N) is 1. The summed E-state index contributed by atoms with van der Waals surface area (Å²) in [6.07, 6.45) is -0.643. The van der Waals surface area contributed by atoms with Crippen molar-refractivity contribution in [3.63, 3.8) is 0 Å². The first kappa shape index (κ1) is 16.6. The Kier molecular flexibility index (Phi) is 5.69. The summed E-state index contributed by atoms with van der Waals surface area (Å²) in [5, 5.41) is 3.29. The van der Waals surface area contributed by atoms with Crippen LogP contribution in [0.4, 0.5) is 5.69 Å². The number of hydrogen-bond acceptors (Lipinski definition) is 3. The molecule has 0 unspecified atom stereocenters. The number of carbonyl (C=O) groups excluding carboxylic acids is 1. The van der Waals surface area contributed by atoms with Crippen molar-refractivity contribution >= 4 is 39.1 Å². The Bertz CT molecular complexity index is 661. The fourth-order valence-corrected chi connectivity index (χ4v) is 2.16. The lowest BCUT2D eigenvalue weighted by Gasteiger charge is -2.15. The number of carbonyl (C=O) groups is 1. The second-order valence-corrected chi connectivity index (χ2v) is 5.82. The van der Waals surface area contributed by atoms with Crippen LogP contribution in [0.25, 0.3) is 0 Å². The second-order valence-electron chi connectivity index (χ2n) is 4.55. The SMILES string of the molecule is COc1ccc(O[C@@H](C)C(=O)Nc2ccc(Br)c(Cl)c2)cc1. The van der Waals surface area contributed by atoms with E-state index in [1.807, 2.05) is 0 Å². The number of hydrogen-bond donors (Lipinski definition) is 1. The Morgan fingerprint density at radius 2 is 1.82 bits per heavy atom. The predicted octanol–water partition coefficient (Wildman–Crippen LogP) is 4.52. The van der Waals surface area contributed by atoms with Gasteiger partial charge in [-0.2, -0.15) is 0 Å². The molecule has 0 heterocycles. The number of methoxy groups -OCH3 is 1. The second kappa shape index (κ2) is 7.51. The van der Waals surface area contributed by atoms with Gasteiger partial charge in [0.15, 0.2) is 6.10 Å². The zero-order valence-electron chi connectivity index (χ0n) is 12.1. The van der Waals surface area contributed by atoms with Crippen LogP contribution in [0, 0.1) is 0 Å². The molecule has 0 radical (unpaired) electrons. The minimum absolute atomic E-state index is 0.255. The number of rotatable bonds is 5. The van der Waals surface area contributed by atoms with Gasteiger partial charge in [0.2, 0.25) is 0 Å². The minimum atomic E-state index is -0.643. The van der Waals surface area contributed by atoms with Crippen molar-refractivity contribution in [1.29, 1.82) is 0 Å². The van der Waals surface area contributed by atoms with Crippen LogP contribution < -0.4 is 14.8 Å². The van der Waals surface area contributed by atoms with Crippen LogP contribution >= 0.6 is 27.5 Å². The van der Waals surface area contributed by atoms with Crippen LogP contribution in [0.1, 0.15) is 6.92 Å². The zero-order chi connectivity index (χ0) is 16.1. The summed E-state index contributed by atoms with van der Waals surface area (Å²) >= 11 is 9.29. The standard InChI is InChI=1S/C16H15BrClNO3/c1-10(22-13-6-4-12(21-2)5-7-13)16(20)19-11-3-8-14(17)15(18)9-11/h3-10H,1-2H3,(H,19,20)/t10-/m0/s1. The first-order valence-electron chi connectivity index (χ1n) is 6.56. The molecule has 22 heavy (non-hydrogen) atoms. The number of amides is 1. The average molecular weight is 385 g/mol. The van der Waals surface area contributed by atoms with Gasteiger partial charge in [0.05, 0.1) is 12.1 Å². The molecule has 0 spiro atoms. The van der Waals surface area contributed by atoms with E-state index < -0.39 is 6.10 Å². The van der Waals surface area contributed by atoms with Gasteiger partial charge in [-0.25, -0.2) is 0 Å². The van der Waals surface area contributed by atoms with E-state index in [2.05, 4.69) is 21.2 Å².